The smallest absolute Gasteiger partial charge is 0.272 e. The highest BCUT2D eigenvalue weighted by atomic mass is 79.9. The maximum Gasteiger partial charge on any atom is 0.272 e. The first-order valence-corrected chi connectivity index (χ1v) is 5.54. The van der Waals surface area contributed by atoms with Gasteiger partial charge in [0.25, 0.3) is 5.82 Å². The molecule has 0 radical (unpaired) electrons. The summed E-state index contributed by atoms with van der Waals surface area (Å²) in [6.07, 6.45) is 1.98. The lowest BCUT2D eigenvalue weighted by Crippen LogP contribution is -2.37. The average Bonchev–Trinajstić information content (AvgIpc) is 2.24. The van der Waals surface area contributed by atoms with Crippen LogP contribution in [-0.2, 0) is 6.54 Å². The molecule has 0 aliphatic heterocycles. The van der Waals surface area contributed by atoms with E-state index in [2.05, 4.69) is 22.0 Å². The number of nitrogens with zero attached hydrogens (tertiary/aromatic N) is 1. The SMILES string of the molecule is Nc1cccc[n+]1Cc1ccccc1Br. The summed E-state index contributed by atoms with van der Waals surface area (Å²) < 4.78 is 3.13. The van der Waals surface area contributed by atoms with Crippen molar-refractivity contribution < 1.29 is 4.57 Å². The number of nitrogen functional groups attached to an aromatic ring is 1. The molecule has 0 spiro atoms. The Morgan fingerprint density at radius 3 is 2.53 bits per heavy atom. The van der Waals surface area contributed by atoms with Crippen LogP contribution in [0, 0.1) is 0 Å². The van der Waals surface area contributed by atoms with Gasteiger partial charge in [0.2, 0.25) is 0 Å². The van der Waals surface area contributed by atoms with Crippen LogP contribution >= 0.6 is 15.9 Å². The number of nitrogens with two attached hydrogens (primary N) is 1. The van der Waals surface area contributed by atoms with Gasteiger partial charge in [0.15, 0.2) is 0 Å². The van der Waals surface area contributed by atoms with Gasteiger partial charge in [0.05, 0.1) is 6.20 Å². The van der Waals surface area contributed by atoms with Gasteiger partial charge in [-0.05, 0) is 12.1 Å². The number of rotatable bonds is 2. The minimum Gasteiger partial charge on any atom is -0.287 e. The van der Waals surface area contributed by atoms with Crippen LogP contribution in [0.3, 0.4) is 0 Å². The van der Waals surface area contributed by atoms with Gasteiger partial charge in [0.1, 0.15) is 6.54 Å². The monoisotopic (exact) mass is 263 g/mol. The summed E-state index contributed by atoms with van der Waals surface area (Å²) in [5.74, 6) is 0.772. The van der Waals surface area contributed by atoms with E-state index < -0.39 is 0 Å². The standard InChI is InChI=1S/C12H11BrN2/c13-11-6-2-1-5-10(11)9-15-8-4-3-7-12(15)14/h1-8,14H,9H2/p+1. The van der Waals surface area contributed by atoms with Crippen LogP contribution in [0.25, 0.3) is 0 Å². The molecule has 3 heteroatoms. The third-order valence-corrected chi connectivity index (χ3v) is 3.05. The topological polar surface area (TPSA) is 29.9 Å². The van der Waals surface area contributed by atoms with Gasteiger partial charge < -0.3 is 0 Å². The molecule has 2 rings (SSSR count). The lowest BCUT2D eigenvalue weighted by atomic mass is 10.2. The summed E-state index contributed by atoms with van der Waals surface area (Å²) in [5.41, 5.74) is 7.09. The molecule has 2 aromatic rings. The Balaban J connectivity index is 2.30. The third-order valence-electron chi connectivity index (χ3n) is 2.27. The Bertz CT molecular complexity index is 425. The lowest BCUT2D eigenvalue weighted by Gasteiger charge is -2.04. The summed E-state index contributed by atoms with van der Waals surface area (Å²) in [6, 6.07) is 14.0. The number of aromatic nitrogens is 1. The van der Waals surface area contributed by atoms with E-state index in [1.54, 1.807) is 0 Å². The fourth-order valence-corrected chi connectivity index (χ4v) is 1.85. The minimum absolute atomic E-state index is 0.772. The molecule has 15 heavy (non-hydrogen) atoms. The molecule has 0 fully saturated rings. The molecule has 0 atom stereocenters. The number of hydrogen-bond donors (Lipinski definition) is 1. The van der Waals surface area contributed by atoms with E-state index >= 15 is 0 Å². The van der Waals surface area contributed by atoms with Gasteiger partial charge in [-0.1, -0.05) is 40.2 Å². The first-order chi connectivity index (χ1) is 7.27. The van der Waals surface area contributed by atoms with Crippen LogP contribution in [-0.4, -0.2) is 0 Å². The van der Waals surface area contributed by atoms with Crippen LogP contribution < -0.4 is 10.3 Å². The molecule has 0 aliphatic rings. The van der Waals surface area contributed by atoms with E-state index in [0.29, 0.717) is 0 Å². The van der Waals surface area contributed by atoms with Crippen LogP contribution in [0.2, 0.25) is 0 Å². The van der Waals surface area contributed by atoms with E-state index in [0.717, 1.165) is 16.8 Å². The van der Waals surface area contributed by atoms with Crippen molar-refractivity contribution >= 4 is 21.7 Å². The zero-order valence-corrected chi connectivity index (χ0v) is 9.81. The number of anilines is 1. The highest BCUT2D eigenvalue weighted by molar-refractivity contribution is 9.10. The number of benzene rings is 1. The van der Waals surface area contributed by atoms with E-state index in [4.69, 9.17) is 5.73 Å². The zero-order valence-electron chi connectivity index (χ0n) is 8.23. The molecule has 0 unspecified atom stereocenters. The highest BCUT2D eigenvalue weighted by Gasteiger charge is 2.05. The van der Waals surface area contributed by atoms with Gasteiger partial charge in [-0.15, -0.1) is 0 Å². The van der Waals surface area contributed by atoms with Crippen molar-refractivity contribution in [3.05, 3.63) is 58.7 Å². The molecule has 0 amide bonds. The van der Waals surface area contributed by atoms with Crippen molar-refractivity contribution in [2.75, 3.05) is 5.73 Å². The Morgan fingerprint density at radius 1 is 1.07 bits per heavy atom. The van der Waals surface area contributed by atoms with Crippen LogP contribution in [0.4, 0.5) is 5.82 Å². The highest BCUT2D eigenvalue weighted by Crippen LogP contribution is 2.15. The molecule has 2 nitrogen and oxygen atoms in total. The second-order valence-electron chi connectivity index (χ2n) is 3.34. The number of halogens is 1. The van der Waals surface area contributed by atoms with Gasteiger partial charge in [-0.2, -0.15) is 0 Å². The number of pyridine rings is 1. The van der Waals surface area contributed by atoms with Gasteiger partial charge >= 0.3 is 0 Å². The van der Waals surface area contributed by atoms with E-state index in [9.17, 15) is 0 Å². The molecule has 76 valence electrons. The molecule has 0 bridgehead atoms. The predicted octanol–water partition coefficient (Wildman–Crippen LogP) is 2.37. The quantitative estimate of drug-likeness (QED) is 0.829. The molecule has 2 N–H and O–H groups in total. The summed E-state index contributed by atoms with van der Waals surface area (Å²) in [4.78, 5) is 0. The summed E-state index contributed by atoms with van der Waals surface area (Å²) >= 11 is 3.52. The van der Waals surface area contributed by atoms with Crippen LogP contribution in [0.15, 0.2) is 53.1 Å². The van der Waals surface area contributed by atoms with E-state index in [-0.39, 0.29) is 0 Å². The van der Waals surface area contributed by atoms with Crippen molar-refractivity contribution in [1.82, 2.24) is 0 Å². The molecule has 1 aromatic heterocycles. The minimum atomic E-state index is 0.772. The summed E-state index contributed by atoms with van der Waals surface area (Å²) in [6.45, 7) is 0.786. The fraction of sp³-hybridized carbons (Fsp3) is 0.0833. The molecule has 0 saturated carbocycles. The predicted molar refractivity (Wildman–Crippen MR) is 64.3 cm³/mol. The summed E-state index contributed by atoms with van der Waals surface area (Å²) in [5, 5.41) is 0. The second kappa shape index (κ2) is 4.45. The Labute approximate surface area is 97.5 Å². The largest absolute Gasteiger partial charge is 0.287 e. The van der Waals surface area contributed by atoms with E-state index in [1.807, 2.05) is 47.2 Å². The van der Waals surface area contributed by atoms with Gasteiger partial charge in [-0.25, -0.2) is 4.57 Å². The fourth-order valence-electron chi connectivity index (χ4n) is 1.44. The average molecular weight is 264 g/mol. The van der Waals surface area contributed by atoms with E-state index in [1.165, 1.54) is 5.56 Å². The van der Waals surface area contributed by atoms with Crippen molar-refractivity contribution in [3.63, 3.8) is 0 Å². The molecule has 0 saturated heterocycles. The molecular formula is C12H12BrN2+. The first kappa shape index (κ1) is 10.2. The van der Waals surface area contributed by atoms with Crippen molar-refractivity contribution in [1.29, 1.82) is 0 Å². The molecular weight excluding hydrogens is 252 g/mol. The third kappa shape index (κ3) is 2.36. The molecule has 0 aliphatic carbocycles. The van der Waals surface area contributed by atoms with Crippen molar-refractivity contribution in [2.45, 2.75) is 6.54 Å². The molecule has 1 heterocycles. The normalized spacial score (nSPS) is 10.2. The summed E-state index contributed by atoms with van der Waals surface area (Å²) in [7, 11) is 0. The maximum absolute atomic E-state index is 5.87. The van der Waals surface area contributed by atoms with Gasteiger partial charge in [0, 0.05) is 16.1 Å². The Hall–Kier alpha value is -1.35. The van der Waals surface area contributed by atoms with Gasteiger partial charge in [-0.3, -0.25) is 5.73 Å². The van der Waals surface area contributed by atoms with Crippen molar-refractivity contribution in [3.8, 4) is 0 Å². The lowest BCUT2D eigenvalue weighted by molar-refractivity contribution is -0.674. The Morgan fingerprint density at radius 2 is 1.80 bits per heavy atom. The Kier molecular flexibility index (Phi) is 3.02. The second-order valence-corrected chi connectivity index (χ2v) is 4.20. The number of hydrogen-bond acceptors (Lipinski definition) is 1. The van der Waals surface area contributed by atoms with Crippen molar-refractivity contribution in [2.24, 2.45) is 0 Å². The molecule has 1 aromatic carbocycles. The van der Waals surface area contributed by atoms with Crippen LogP contribution in [0.5, 0.6) is 0 Å². The van der Waals surface area contributed by atoms with Crippen LogP contribution in [0.1, 0.15) is 5.56 Å². The zero-order chi connectivity index (χ0) is 10.7. The first-order valence-electron chi connectivity index (χ1n) is 4.75. The maximum atomic E-state index is 5.87.